The molecular formula is C33H40F6N2O8. The lowest BCUT2D eigenvalue weighted by atomic mass is 9.90. The Hall–Kier alpha value is -4.37. The quantitative estimate of drug-likeness (QED) is 0.0887. The molecule has 0 radical (unpaired) electrons. The van der Waals surface area contributed by atoms with Gasteiger partial charge in [0.1, 0.15) is 0 Å². The first-order chi connectivity index (χ1) is 23.0. The number of methoxy groups -OCH3 is 2. The summed E-state index contributed by atoms with van der Waals surface area (Å²) in [6.45, 7) is 4.85. The summed E-state index contributed by atoms with van der Waals surface area (Å²) in [5.41, 5.74) is -2.98. The highest BCUT2D eigenvalue weighted by Crippen LogP contribution is 2.47. The van der Waals surface area contributed by atoms with E-state index in [2.05, 4.69) is 0 Å². The Morgan fingerprint density at radius 2 is 1.49 bits per heavy atom. The molecule has 0 saturated carbocycles. The van der Waals surface area contributed by atoms with E-state index in [1.165, 1.54) is 24.1 Å². The van der Waals surface area contributed by atoms with Crippen molar-refractivity contribution in [1.82, 2.24) is 4.90 Å². The second-order valence-electron chi connectivity index (χ2n) is 11.2. The van der Waals surface area contributed by atoms with Gasteiger partial charge in [-0.15, -0.1) is 0 Å². The molecule has 0 N–H and O–H groups in total. The third kappa shape index (κ3) is 10.1. The van der Waals surface area contributed by atoms with Crippen molar-refractivity contribution >= 4 is 23.8 Å². The summed E-state index contributed by atoms with van der Waals surface area (Å²) >= 11 is 0. The number of amides is 2. The van der Waals surface area contributed by atoms with Crippen molar-refractivity contribution in [2.24, 2.45) is 0 Å². The largest absolute Gasteiger partial charge is 0.493 e. The van der Waals surface area contributed by atoms with E-state index in [1.54, 1.807) is 20.8 Å². The number of hydrogen-bond donors (Lipinski definition) is 0. The summed E-state index contributed by atoms with van der Waals surface area (Å²) < 4.78 is 109. The number of carbonyl (C=O) groups excluding carboxylic acids is 3. The molecule has 2 aromatic carbocycles. The number of hydrogen-bond acceptors (Lipinski definition) is 8. The normalized spacial score (nSPS) is 16.0. The maximum atomic E-state index is 13.6. The van der Waals surface area contributed by atoms with Crippen LogP contribution in [0.4, 0.5) is 41.6 Å². The number of anilines is 1. The summed E-state index contributed by atoms with van der Waals surface area (Å²) in [6.07, 6.45) is -9.87. The van der Waals surface area contributed by atoms with Crippen LogP contribution in [0.1, 0.15) is 81.2 Å². The van der Waals surface area contributed by atoms with Gasteiger partial charge >= 0.3 is 30.5 Å². The van der Waals surface area contributed by atoms with Gasteiger partial charge in [-0.05, 0) is 76.3 Å². The van der Waals surface area contributed by atoms with Crippen LogP contribution in [0.2, 0.25) is 0 Å². The number of benzene rings is 2. The zero-order valence-electron chi connectivity index (χ0n) is 27.8. The van der Waals surface area contributed by atoms with Gasteiger partial charge in [-0.1, -0.05) is 0 Å². The maximum Gasteiger partial charge on any atom is 0.416 e. The molecule has 272 valence electrons. The molecule has 0 bridgehead atoms. The molecule has 1 aliphatic rings. The second kappa shape index (κ2) is 16.8. The van der Waals surface area contributed by atoms with Gasteiger partial charge < -0.3 is 23.7 Å². The molecule has 3 rings (SSSR count). The first kappa shape index (κ1) is 39.1. The smallest absolute Gasteiger partial charge is 0.416 e. The molecule has 16 heteroatoms. The predicted octanol–water partition coefficient (Wildman–Crippen LogP) is 8.30. The molecule has 49 heavy (non-hydrogen) atoms. The fourth-order valence-corrected chi connectivity index (χ4v) is 5.56. The van der Waals surface area contributed by atoms with Crippen LogP contribution in [0.5, 0.6) is 11.5 Å². The van der Waals surface area contributed by atoms with Crippen molar-refractivity contribution in [2.75, 3.05) is 38.9 Å². The standard InChI is InChI=1S/C33H40F6N2O8/c1-6-47-29(42)11-9-8-10-12-49-28-18-26-24(17-27(28)45-4)25(13-20(3)41(26)31(44)48-7-2)40(30(43)46-5)19-21-14-22(32(34,35)36)16-23(15-21)33(37,38)39/h14-18,20,25H,6-13,19H2,1-5H3/t20-,25+/m1/s1. The van der Waals surface area contributed by atoms with Crippen molar-refractivity contribution in [2.45, 2.75) is 83.9 Å². The molecule has 0 spiro atoms. The average molecular weight is 707 g/mol. The molecule has 2 atom stereocenters. The van der Waals surface area contributed by atoms with Crippen LogP contribution in [-0.4, -0.2) is 63.1 Å². The summed E-state index contributed by atoms with van der Waals surface area (Å²) in [4.78, 5) is 40.3. The molecule has 0 aliphatic carbocycles. The average Bonchev–Trinajstić information content (AvgIpc) is 3.03. The number of unbranched alkanes of at least 4 members (excludes halogenated alkanes) is 2. The topological polar surface area (TPSA) is 104 Å². The monoisotopic (exact) mass is 706 g/mol. The van der Waals surface area contributed by atoms with E-state index in [9.17, 15) is 40.7 Å². The number of carbonyl (C=O) groups is 3. The Bertz CT molecular complexity index is 1430. The van der Waals surface area contributed by atoms with Crippen LogP contribution in [-0.2, 0) is 37.9 Å². The minimum atomic E-state index is -5.09. The van der Waals surface area contributed by atoms with E-state index >= 15 is 0 Å². The molecule has 0 saturated heterocycles. The third-order valence-electron chi connectivity index (χ3n) is 7.77. The molecule has 1 heterocycles. The number of esters is 1. The lowest BCUT2D eigenvalue weighted by Crippen LogP contribution is -2.47. The molecule has 0 aromatic heterocycles. The lowest BCUT2D eigenvalue weighted by Gasteiger charge is -2.42. The first-order valence-corrected chi connectivity index (χ1v) is 15.6. The summed E-state index contributed by atoms with van der Waals surface area (Å²) in [6, 6.07) is 2.44. The predicted molar refractivity (Wildman–Crippen MR) is 164 cm³/mol. The summed E-state index contributed by atoms with van der Waals surface area (Å²) in [7, 11) is 2.39. The van der Waals surface area contributed by atoms with Gasteiger partial charge in [0.2, 0.25) is 0 Å². The minimum absolute atomic E-state index is 0.00792. The molecule has 0 unspecified atom stereocenters. The summed E-state index contributed by atoms with van der Waals surface area (Å²) in [5.74, 6) is 0.125. The highest BCUT2D eigenvalue weighted by atomic mass is 19.4. The zero-order chi connectivity index (χ0) is 36.5. The molecular weight excluding hydrogens is 666 g/mol. The van der Waals surface area contributed by atoms with Crippen LogP contribution in [0.15, 0.2) is 30.3 Å². The van der Waals surface area contributed by atoms with E-state index in [0.717, 1.165) is 12.0 Å². The van der Waals surface area contributed by atoms with Crippen LogP contribution in [0, 0.1) is 0 Å². The number of alkyl halides is 6. The lowest BCUT2D eigenvalue weighted by molar-refractivity contribution is -0.144. The summed E-state index contributed by atoms with van der Waals surface area (Å²) in [5, 5.41) is 0. The Labute approximate surface area is 280 Å². The van der Waals surface area contributed by atoms with Crippen molar-refractivity contribution in [1.29, 1.82) is 0 Å². The van der Waals surface area contributed by atoms with Gasteiger partial charge in [0.25, 0.3) is 0 Å². The van der Waals surface area contributed by atoms with Gasteiger partial charge in [-0.2, -0.15) is 26.3 Å². The fraction of sp³-hybridized carbons (Fsp3) is 0.545. The Morgan fingerprint density at radius 3 is 2.04 bits per heavy atom. The molecule has 1 aliphatic heterocycles. The van der Waals surface area contributed by atoms with E-state index in [1.807, 2.05) is 0 Å². The Morgan fingerprint density at radius 1 is 0.857 bits per heavy atom. The SMILES string of the molecule is CCOC(=O)CCCCCOc1cc2c(cc1OC)[C@@H](N(Cc1cc(C(F)(F)F)cc(C(F)(F)F)c1)C(=O)OC)C[C@@H](C)N2C(=O)OCC. The van der Waals surface area contributed by atoms with Crippen molar-refractivity contribution in [3.05, 3.63) is 52.6 Å². The number of rotatable bonds is 13. The Balaban J connectivity index is 2.05. The first-order valence-electron chi connectivity index (χ1n) is 15.6. The van der Waals surface area contributed by atoms with Crippen LogP contribution in [0.25, 0.3) is 0 Å². The van der Waals surface area contributed by atoms with Crippen LogP contribution in [0.3, 0.4) is 0 Å². The molecule has 2 aromatic rings. The highest BCUT2D eigenvalue weighted by Gasteiger charge is 2.42. The number of halogens is 6. The molecule has 2 amide bonds. The van der Waals surface area contributed by atoms with Crippen LogP contribution < -0.4 is 14.4 Å². The maximum absolute atomic E-state index is 13.6. The molecule has 0 fully saturated rings. The second-order valence-corrected chi connectivity index (χ2v) is 11.2. The zero-order valence-corrected chi connectivity index (χ0v) is 27.8. The van der Waals surface area contributed by atoms with Crippen molar-refractivity contribution < 1.29 is 64.4 Å². The van der Waals surface area contributed by atoms with Gasteiger partial charge in [0.05, 0.1) is 56.9 Å². The highest BCUT2D eigenvalue weighted by molar-refractivity contribution is 5.91. The minimum Gasteiger partial charge on any atom is -0.493 e. The Kier molecular flexibility index (Phi) is 13.4. The van der Waals surface area contributed by atoms with Gasteiger partial charge in [-0.25, -0.2) is 9.59 Å². The fourth-order valence-electron chi connectivity index (χ4n) is 5.56. The van der Waals surface area contributed by atoms with E-state index in [-0.39, 0.29) is 55.3 Å². The number of nitrogens with zero attached hydrogens (tertiary/aromatic N) is 2. The van der Waals surface area contributed by atoms with Crippen LogP contribution >= 0.6 is 0 Å². The van der Waals surface area contributed by atoms with Crippen molar-refractivity contribution in [3.63, 3.8) is 0 Å². The van der Waals surface area contributed by atoms with Crippen molar-refractivity contribution in [3.8, 4) is 11.5 Å². The third-order valence-corrected chi connectivity index (χ3v) is 7.77. The van der Waals surface area contributed by atoms with E-state index in [0.29, 0.717) is 43.6 Å². The number of ether oxygens (including phenoxy) is 5. The van der Waals surface area contributed by atoms with Gasteiger partial charge in [-0.3, -0.25) is 14.6 Å². The molecule has 10 nitrogen and oxygen atoms in total. The van der Waals surface area contributed by atoms with E-state index < -0.39 is 59.9 Å². The van der Waals surface area contributed by atoms with Gasteiger partial charge in [0, 0.05) is 30.6 Å². The van der Waals surface area contributed by atoms with E-state index in [4.69, 9.17) is 23.7 Å². The van der Waals surface area contributed by atoms with Gasteiger partial charge in [0.15, 0.2) is 11.5 Å². The number of fused-ring (bicyclic) bond motifs is 1.